The van der Waals surface area contributed by atoms with Crippen molar-refractivity contribution in [2.24, 2.45) is 11.8 Å². The lowest BCUT2D eigenvalue weighted by atomic mass is 9.75. The molecular formula is C10H18O. The summed E-state index contributed by atoms with van der Waals surface area (Å²) in [5, 5.41) is 9.78. The third kappa shape index (κ3) is 2.06. The van der Waals surface area contributed by atoms with Gasteiger partial charge in [-0.1, -0.05) is 19.1 Å². The van der Waals surface area contributed by atoms with Crippen LogP contribution >= 0.6 is 0 Å². The van der Waals surface area contributed by atoms with Crippen LogP contribution in [0.5, 0.6) is 0 Å². The van der Waals surface area contributed by atoms with E-state index in [2.05, 4.69) is 19.1 Å². The predicted octanol–water partition coefficient (Wildman–Crippen LogP) is 2.36. The maximum atomic E-state index is 9.78. The Morgan fingerprint density at radius 2 is 2.09 bits per heavy atom. The highest BCUT2D eigenvalue weighted by molar-refractivity contribution is 4.99. The normalized spacial score (nSPS) is 32.4. The van der Waals surface area contributed by atoms with E-state index in [9.17, 15) is 5.11 Å². The van der Waals surface area contributed by atoms with Gasteiger partial charge in [-0.05, 0) is 38.5 Å². The molecule has 1 aliphatic rings. The van der Waals surface area contributed by atoms with Crippen molar-refractivity contribution >= 4 is 0 Å². The van der Waals surface area contributed by atoms with E-state index in [1.165, 1.54) is 0 Å². The van der Waals surface area contributed by atoms with Gasteiger partial charge < -0.3 is 5.11 Å². The van der Waals surface area contributed by atoms with Crippen molar-refractivity contribution in [2.75, 3.05) is 0 Å². The first-order chi connectivity index (χ1) is 5.02. The minimum atomic E-state index is -0.510. The molecule has 64 valence electrons. The fraction of sp³-hybridized carbons (Fsp3) is 0.800. The van der Waals surface area contributed by atoms with Crippen molar-refractivity contribution in [3.63, 3.8) is 0 Å². The second-order valence-electron chi connectivity index (χ2n) is 4.12. The van der Waals surface area contributed by atoms with Crippen LogP contribution in [0.3, 0.4) is 0 Å². The summed E-state index contributed by atoms with van der Waals surface area (Å²) in [5.41, 5.74) is -0.510. The van der Waals surface area contributed by atoms with Gasteiger partial charge >= 0.3 is 0 Å². The topological polar surface area (TPSA) is 20.2 Å². The molecule has 2 unspecified atom stereocenters. The summed E-state index contributed by atoms with van der Waals surface area (Å²) in [7, 11) is 0. The molecule has 0 radical (unpaired) electrons. The lowest BCUT2D eigenvalue weighted by Gasteiger charge is -2.34. The quantitative estimate of drug-likeness (QED) is 0.575. The lowest BCUT2D eigenvalue weighted by Crippen LogP contribution is -2.35. The van der Waals surface area contributed by atoms with Crippen LogP contribution in [0.1, 0.15) is 33.6 Å². The fourth-order valence-corrected chi connectivity index (χ4v) is 1.98. The largest absolute Gasteiger partial charge is 0.390 e. The third-order valence-electron chi connectivity index (χ3n) is 2.63. The molecule has 1 N–H and O–H groups in total. The zero-order chi connectivity index (χ0) is 8.48. The van der Waals surface area contributed by atoms with Crippen molar-refractivity contribution in [1.29, 1.82) is 0 Å². The molecule has 0 aromatic rings. The number of hydrogen-bond donors (Lipinski definition) is 1. The van der Waals surface area contributed by atoms with Crippen LogP contribution in [-0.2, 0) is 0 Å². The van der Waals surface area contributed by atoms with E-state index < -0.39 is 5.60 Å². The Balaban J connectivity index is 2.65. The molecule has 0 saturated heterocycles. The Morgan fingerprint density at radius 3 is 2.45 bits per heavy atom. The average molecular weight is 154 g/mol. The van der Waals surface area contributed by atoms with Gasteiger partial charge in [0.05, 0.1) is 5.60 Å². The highest BCUT2D eigenvalue weighted by atomic mass is 16.3. The Morgan fingerprint density at radius 1 is 1.45 bits per heavy atom. The van der Waals surface area contributed by atoms with E-state index in [1.807, 2.05) is 13.8 Å². The standard InChI is InChI=1S/C10H18O/c1-8-6-4-5-7-9(8)10(2,3)11/h4,6,8-9,11H,5,7H2,1-3H3. The van der Waals surface area contributed by atoms with Crippen molar-refractivity contribution in [3.05, 3.63) is 12.2 Å². The first-order valence-electron chi connectivity index (χ1n) is 4.41. The zero-order valence-corrected chi connectivity index (χ0v) is 7.67. The third-order valence-corrected chi connectivity index (χ3v) is 2.63. The summed E-state index contributed by atoms with van der Waals surface area (Å²) >= 11 is 0. The van der Waals surface area contributed by atoms with Crippen LogP contribution in [0.25, 0.3) is 0 Å². The molecular weight excluding hydrogens is 136 g/mol. The SMILES string of the molecule is CC1C=CCCC1C(C)(C)O. The average Bonchev–Trinajstić information content (AvgIpc) is 1.86. The van der Waals surface area contributed by atoms with Crippen LogP contribution in [0.2, 0.25) is 0 Å². The van der Waals surface area contributed by atoms with Gasteiger partial charge in [0, 0.05) is 0 Å². The monoisotopic (exact) mass is 154 g/mol. The Kier molecular flexibility index (Phi) is 2.38. The van der Waals surface area contributed by atoms with E-state index in [0.717, 1.165) is 12.8 Å². The van der Waals surface area contributed by atoms with Crippen molar-refractivity contribution < 1.29 is 5.11 Å². The predicted molar refractivity (Wildman–Crippen MR) is 47.3 cm³/mol. The number of hydrogen-bond acceptors (Lipinski definition) is 1. The molecule has 1 nitrogen and oxygen atoms in total. The number of allylic oxidation sites excluding steroid dienone is 2. The van der Waals surface area contributed by atoms with E-state index in [0.29, 0.717) is 11.8 Å². The summed E-state index contributed by atoms with van der Waals surface area (Å²) < 4.78 is 0. The summed E-state index contributed by atoms with van der Waals surface area (Å²) in [6.07, 6.45) is 6.68. The van der Waals surface area contributed by atoms with Crippen LogP contribution < -0.4 is 0 Å². The van der Waals surface area contributed by atoms with Crippen molar-refractivity contribution in [3.8, 4) is 0 Å². The number of aliphatic hydroxyl groups is 1. The van der Waals surface area contributed by atoms with E-state index in [4.69, 9.17) is 0 Å². The minimum Gasteiger partial charge on any atom is -0.390 e. The van der Waals surface area contributed by atoms with Gasteiger partial charge in [0.25, 0.3) is 0 Å². The molecule has 0 amide bonds. The zero-order valence-electron chi connectivity index (χ0n) is 7.67. The van der Waals surface area contributed by atoms with Crippen molar-refractivity contribution in [1.82, 2.24) is 0 Å². The molecule has 0 spiro atoms. The molecule has 0 heterocycles. The molecule has 2 atom stereocenters. The molecule has 11 heavy (non-hydrogen) atoms. The van der Waals surface area contributed by atoms with Gasteiger partial charge in [-0.2, -0.15) is 0 Å². The van der Waals surface area contributed by atoms with E-state index in [1.54, 1.807) is 0 Å². The Labute approximate surface area is 69.1 Å². The fourth-order valence-electron chi connectivity index (χ4n) is 1.98. The van der Waals surface area contributed by atoms with E-state index in [-0.39, 0.29) is 0 Å². The molecule has 0 fully saturated rings. The highest BCUT2D eigenvalue weighted by Gasteiger charge is 2.30. The van der Waals surface area contributed by atoms with Gasteiger partial charge in [0.15, 0.2) is 0 Å². The molecule has 1 heteroatoms. The summed E-state index contributed by atoms with van der Waals surface area (Å²) in [6, 6.07) is 0. The van der Waals surface area contributed by atoms with Gasteiger partial charge in [-0.3, -0.25) is 0 Å². The van der Waals surface area contributed by atoms with Crippen molar-refractivity contribution in [2.45, 2.75) is 39.2 Å². The smallest absolute Gasteiger partial charge is 0.0625 e. The molecule has 0 aliphatic heterocycles. The van der Waals surface area contributed by atoms with E-state index >= 15 is 0 Å². The Hall–Kier alpha value is -0.300. The minimum absolute atomic E-state index is 0.437. The highest BCUT2D eigenvalue weighted by Crippen LogP contribution is 2.32. The maximum absolute atomic E-state index is 9.78. The summed E-state index contributed by atoms with van der Waals surface area (Å²) in [4.78, 5) is 0. The first-order valence-corrected chi connectivity index (χ1v) is 4.41. The van der Waals surface area contributed by atoms with Gasteiger partial charge in [0.1, 0.15) is 0 Å². The Bertz CT molecular complexity index is 153. The summed E-state index contributed by atoms with van der Waals surface area (Å²) in [6.45, 7) is 6.00. The van der Waals surface area contributed by atoms with Crippen LogP contribution in [-0.4, -0.2) is 10.7 Å². The van der Waals surface area contributed by atoms with Gasteiger partial charge in [-0.15, -0.1) is 0 Å². The van der Waals surface area contributed by atoms with Gasteiger partial charge in [0.2, 0.25) is 0 Å². The lowest BCUT2D eigenvalue weighted by molar-refractivity contribution is -0.00419. The molecule has 1 aliphatic carbocycles. The molecule has 0 bridgehead atoms. The van der Waals surface area contributed by atoms with Crippen LogP contribution in [0.15, 0.2) is 12.2 Å². The molecule has 0 saturated carbocycles. The molecule has 1 rings (SSSR count). The second-order valence-corrected chi connectivity index (χ2v) is 4.12. The molecule has 0 aromatic heterocycles. The summed E-state index contributed by atoms with van der Waals surface area (Å²) in [5.74, 6) is 0.969. The maximum Gasteiger partial charge on any atom is 0.0625 e. The molecule has 0 aromatic carbocycles. The van der Waals surface area contributed by atoms with Gasteiger partial charge in [-0.25, -0.2) is 0 Å². The van der Waals surface area contributed by atoms with Crippen LogP contribution in [0, 0.1) is 11.8 Å². The van der Waals surface area contributed by atoms with Crippen LogP contribution in [0.4, 0.5) is 0 Å². The second kappa shape index (κ2) is 2.98. The first kappa shape index (κ1) is 8.79. The number of rotatable bonds is 1.